The lowest BCUT2D eigenvalue weighted by atomic mass is 10.1. The van der Waals surface area contributed by atoms with Gasteiger partial charge in [-0.1, -0.05) is 30.3 Å². The molecule has 2 rings (SSSR count). The van der Waals surface area contributed by atoms with Gasteiger partial charge in [0.1, 0.15) is 5.69 Å². The van der Waals surface area contributed by atoms with Crippen molar-refractivity contribution in [3.63, 3.8) is 0 Å². The number of nitrogens with zero attached hydrogens (tertiary/aromatic N) is 1. The Labute approximate surface area is 103 Å². The van der Waals surface area contributed by atoms with Crippen LogP contribution in [0.3, 0.4) is 0 Å². The Bertz CT molecular complexity index is 455. The minimum absolute atomic E-state index is 0. The van der Waals surface area contributed by atoms with E-state index in [-0.39, 0.29) is 5.48 Å². The van der Waals surface area contributed by atoms with Crippen LogP contribution in [-0.4, -0.2) is 26.6 Å². The maximum absolute atomic E-state index is 2.20. The summed E-state index contributed by atoms with van der Waals surface area (Å²) in [6.07, 6.45) is 0. The van der Waals surface area contributed by atoms with Gasteiger partial charge in [0.15, 0.2) is 0 Å². The predicted molar refractivity (Wildman–Crippen MR) is 73.4 cm³/mol. The molecule has 0 radical (unpaired) electrons. The van der Waals surface area contributed by atoms with E-state index in [4.69, 9.17) is 0 Å². The molecular formula is C15H19NO. The second kappa shape index (κ2) is 5.13. The third kappa shape index (κ3) is 3.16. The second-order valence-corrected chi connectivity index (χ2v) is 4.93. The molecule has 0 spiro atoms. The highest BCUT2D eigenvalue weighted by molar-refractivity contribution is 5.65. The summed E-state index contributed by atoms with van der Waals surface area (Å²) in [6.45, 7) is 0. The van der Waals surface area contributed by atoms with E-state index in [9.17, 15) is 0 Å². The first-order valence-corrected chi connectivity index (χ1v) is 5.55. The minimum atomic E-state index is 0. The van der Waals surface area contributed by atoms with Gasteiger partial charge in [-0.25, -0.2) is 0 Å². The summed E-state index contributed by atoms with van der Waals surface area (Å²) in [5.41, 5.74) is 3.87. The van der Waals surface area contributed by atoms with Crippen molar-refractivity contribution in [1.82, 2.24) is 4.48 Å². The standard InChI is InChI=1S/C15H18N.H2O/c1-16(2,3)15-11-9-14(10-12-15)13-7-5-4-6-8-13;/h4-12H,1-3H3;1H2/q+1;/p-1. The number of hydrogen-bond acceptors (Lipinski definition) is 1. The number of quaternary nitrogens is 1. The first kappa shape index (κ1) is 13.4. The summed E-state index contributed by atoms with van der Waals surface area (Å²) >= 11 is 0. The maximum Gasteiger partial charge on any atom is 0.132 e. The van der Waals surface area contributed by atoms with E-state index in [1.807, 2.05) is 6.07 Å². The third-order valence-corrected chi connectivity index (χ3v) is 2.75. The molecule has 17 heavy (non-hydrogen) atoms. The lowest BCUT2D eigenvalue weighted by molar-refractivity contribution is 0.486. The summed E-state index contributed by atoms with van der Waals surface area (Å²) < 4.78 is 0.856. The highest BCUT2D eigenvalue weighted by Gasteiger charge is 2.11. The van der Waals surface area contributed by atoms with Crippen molar-refractivity contribution in [3.05, 3.63) is 54.6 Å². The second-order valence-electron chi connectivity index (χ2n) is 4.93. The van der Waals surface area contributed by atoms with Crippen molar-refractivity contribution < 1.29 is 5.48 Å². The van der Waals surface area contributed by atoms with E-state index in [0.29, 0.717) is 0 Å². The van der Waals surface area contributed by atoms with Crippen molar-refractivity contribution in [2.45, 2.75) is 0 Å². The average molecular weight is 229 g/mol. The van der Waals surface area contributed by atoms with Gasteiger partial charge in [0, 0.05) is 0 Å². The summed E-state index contributed by atoms with van der Waals surface area (Å²) in [5, 5.41) is 0. The fraction of sp³-hybridized carbons (Fsp3) is 0.200. The molecule has 2 aromatic carbocycles. The monoisotopic (exact) mass is 229 g/mol. The molecule has 0 amide bonds. The van der Waals surface area contributed by atoms with Crippen LogP contribution in [0.4, 0.5) is 5.69 Å². The highest BCUT2D eigenvalue weighted by atomic mass is 16.0. The van der Waals surface area contributed by atoms with E-state index in [0.717, 1.165) is 4.48 Å². The fourth-order valence-corrected chi connectivity index (χ4v) is 1.73. The van der Waals surface area contributed by atoms with Gasteiger partial charge < -0.3 is 5.48 Å². The van der Waals surface area contributed by atoms with Gasteiger partial charge in [-0.15, -0.1) is 0 Å². The first-order chi connectivity index (χ1) is 7.57. The zero-order chi connectivity index (χ0) is 11.6. The zero-order valence-electron chi connectivity index (χ0n) is 10.6. The van der Waals surface area contributed by atoms with Crippen LogP contribution in [0.5, 0.6) is 0 Å². The van der Waals surface area contributed by atoms with Gasteiger partial charge in [-0.05, 0) is 35.4 Å². The summed E-state index contributed by atoms with van der Waals surface area (Å²) in [4.78, 5) is 0. The maximum atomic E-state index is 2.20. The molecule has 1 N–H and O–H groups in total. The molecular weight excluding hydrogens is 210 g/mol. The summed E-state index contributed by atoms with van der Waals surface area (Å²) in [7, 11) is 6.53. The number of benzene rings is 2. The van der Waals surface area contributed by atoms with E-state index in [1.54, 1.807) is 0 Å². The van der Waals surface area contributed by atoms with Crippen molar-refractivity contribution in [3.8, 4) is 11.1 Å². The Balaban J connectivity index is 0.00000144. The number of rotatable bonds is 2. The molecule has 0 unspecified atom stereocenters. The normalized spacial score (nSPS) is 10.8. The van der Waals surface area contributed by atoms with Crippen LogP contribution in [0.1, 0.15) is 0 Å². The Morgan fingerprint density at radius 3 is 1.59 bits per heavy atom. The van der Waals surface area contributed by atoms with Crippen LogP contribution in [0, 0.1) is 0 Å². The Morgan fingerprint density at radius 2 is 1.12 bits per heavy atom. The largest absolute Gasteiger partial charge is 0.870 e. The lowest BCUT2D eigenvalue weighted by Crippen LogP contribution is -2.34. The Kier molecular flexibility index (Phi) is 4.05. The first-order valence-electron chi connectivity index (χ1n) is 5.55. The molecule has 0 aliphatic heterocycles. The molecule has 0 saturated heterocycles. The third-order valence-electron chi connectivity index (χ3n) is 2.75. The van der Waals surface area contributed by atoms with Crippen molar-refractivity contribution in [2.75, 3.05) is 21.1 Å². The van der Waals surface area contributed by atoms with Crippen LogP contribution in [0.15, 0.2) is 54.6 Å². The van der Waals surface area contributed by atoms with E-state index in [1.165, 1.54) is 16.8 Å². The average Bonchev–Trinajstić information content (AvgIpc) is 2.29. The SMILES string of the molecule is C[N+](C)(C)c1ccc(-c2ccccc2)cc1.[OH-]. The quantitative estimate of drug-likeness (QED) is 0.726. The molecule has 0 aromatic heterocycles. The van der Waals surface area contributed by atoms with E-state index >= 15 is 0 Å². The van der Waals surface area contributed by atoms with Gasteiger partial charge in [0.05, 0.1) is 21.1 Å². The van der Waals surface area contributed by atoms with Crippen molar-refractivity contribution >= 4 is 5.69 Å². The summed E-state index contributed by atoms with van der Waals surface area (Å²) in [5.74, 6) is 0. The number of hydrogen-bond donors (Lipinski definition) is 0. The summed E-state index contributed by atoms with van der Waals surface area (Å²) in [6, 6.07) is 19.2. The molecule has 0 fully saturated rings. The molecule has 0 heterocycles. The fourth-order valence-electron chi connectivity index (χ4n) is 1.73. The Hall–Kier alpha value is -1.64. The molecule has 0 aliphatic carbocycles. The van der Waals surface area contributed by atoms with Crippen LogP contribution in [0.2, 0.25) is 0 Å². The van der Waals surface area contributed by atoms with E-state index < -0.39 is 0 Å². The predicted octanol–water partition coefficient (Wildman–Crippen LogP) is 3.37. The van der Waals surface area contributed by atoms with Crippen LogP contribution in [-0.2, 0) is 0 Å². The molecule has 0 atom stereocenters. The zero-order valence-corrected chi connectivity index (χ0v) is 10.6. The van der Waals surface area contributed by atoms with Crippen molar-refractivity contribution in [1.29, 1.82) is 0 Å². The molecule has 90 valence electrons. The van der Waals surface area contributed by atoms with Gasteiger partial charge >= 0.3 is 0 Å². The molecule has 2 nitrogen and oxygen atoms in total. The highest BCUT2D eigenvalue weighted by Crippen LogP contribution is 2.23. The van der Waals surface area contributed by atoms with Gasteiger partial charge in [-0.2, -0.15) is 0 Å². The van der Waals surface area contributed by atoms with Gasteiger partial charge in [0.2, 0.25) is 0 Å². The van der Waals surface area contributed by atoms with Crippen LogP contribution in [0.25, 0.3) is 11.1 Å². The smallest absolute Gasteiger partial charge is 0.132 e. The molecule has 2 aromatic rings. The van der Waals surface area contributed by atoms with Crippen LogP contribution < -0.4 is 4.48 Å². The van der Waals surface area contributed by atoms with Gasteiger partial charge in [0.25, 0.3) is 0 Å². The molecule has 0 aliphatic rings. The minimum Gasteiger partial charge on any atom is -0.870 e. The lowest BCUT2D eigenvalue weighted by Gasteiger charge is -2.23. The Morgan fingerprint density at radius 1 is 0.647 bits per heavy atom. The van der Waals surface area contributed by atoms with Gasteiger partial charge in [-0.3, -0.25) is 4.48 Å². The van der Waals surface area contributed by atoms with E-state index in [2.05, 4.69) is 69.7 Å². The topological polar surface area (TPSA) is 30.0 Å². The molecule has 2 heteroatoms. The van der Waals surface area contributed by atoms with Crippen LogP contribution >= 0.6 is 0 Å². The molecule has 0 saturated carbocycles. The van der Waals surface area contributed by atoms with Crippen molar-refractivity contribution in [2.24, 2.45) is 0 Å². The molecule has 0 bridgehead atoms.